The van der Waals surface area contributed by atoms with Gasteiger partial charge in [0.15, 0.2) is 0 Å². The van der Waals surface area contributed by atoms with Gasteiger partial charge in [-0.05, 0) is 32.0 Å². The Balaban J connectivity index is 0.00000812. The molecule has 4 rings (SSSR count). The first-order valence-corrected chi connectivity index (χ1v) is 17.6. The number of amides is 10. The number of hydrogen-bond donors (Lipinski definition) is 8. The maximum atomic E-state index is 12.5. The Morgan fingerprint density at radius 3 is 1.82 bits per heavy atom. The van der Waals surface area contributed by atoms with E-state index in [0.717, 1.165) is 4.90 Å². The van der Waals surface area contributed by atoms with Crippen LogP contribution in [0.3, 0.4) is 0 Å². The molecule has 0 saturated carbocycles. The standard InChI is InChI=1S/C32H48N12O10.Mn/c1-40-13-15-41(23(27(47)48)5-9-33-29(51)36-19-43-12-8-25(45)39-32(43)54)17-21-3-2-4-22(38-21)18-42(16-14-40)24(28(49)50)6-10-34-30(52)37-20-44-26(46)7-11-35-31(44)53;/h2-4,23-24H,5-20H2,1H3,(H,35,53)(H,47,48)(H,49,50)(H2,33,36,51)(H2,34,37,52)(H,39,45,54);. The average molecular weight is 816 g/mol. The Hall–Kier alpha value is -5.09. The second-order valence-corrected chi connectivity index (χ2v) is 13.0. The number of rotatable bonds is 14. The smallest absolute Gasteiger partial charge is 0.325 e. The van der Waals surface area contributed by atoms with E-state index in [-0.39, 0.29) is 95.4 Å². The van der Waals surface area contributed by atoms with E-state index in [0.29, 0.717) is 37.6 Å². The van der Waals surface area contributed by atoms with E-state index in [1.807, 2.05) is 11.9 Å². The summed E-state index contributed by atoms with van der Waals surface area (Å²) in [7, 11) is 1.84. The number of pyridine rings is 1. The maximum Gasteiger partial charge on any atom is 0.325 e. The molecule has 2 saturated heterocycles. The minimum atomic E-state index is -1.09. The minimum absolute atomic E-state index is 0. The van der Waals surface area contributed by atoms with Crippen LogP contribution in [0.2, 0.25) is 0 Å². The third-order valence-corrected chi connectivity index (χ3v) is 9.12. The van der Waals surface area contributed by atoms with E-state index in [1.165, 1.54) is 4.90 Å². The molecule has 303 valence electrons. The van der Waals surface area contributed by atoms with Gasteiger partial charge in [-0.2, -0.15) is 0 Å². The van der Waals surface area contributed by atoms with Gasteiger partial charge in [0.2, 0.25) is 11.8 Å². The van der Waals surface area contributed by atoms with Crippen LogP contribution in [0.5, 0.6) is 0 Å². The molecular weight excluding hydrogens is 767 g/mol. The summed E-state index contributed by atoms with van der Waals surface area (Å²) in [5, 5.41) is 35.3. The number of imide groups is 2. The maximum absolute atomic E-state index is 12.5. The van der Waals surface area contributed by atoms with Crippen LogP contribution in [-0.4, -0.2) is 172 Å². The first-order valence-electron chi connectivity index (χ1n) is 17.6. The number of aromatic nitrogens is 1. The molecule has 22 nitrogen and oxygen atoms in total. The summed E-state index contributed by atoms with van der Waals surface area (Å²) in [6, 6.07) is 0.801. The van der Waals surface area contributed by atoms with Gasteiger partial charge in [-0.1, -0.05) is 6.07 Å². The summed E-state index contributed by atoms with van der Waals surface area (Å²) in [5.74, 6) is -2.99. The van der Waals surface area contributed by atoms with Gasteiger partial charge in [-0.15, -0.1) is 0 Å². The number of hydrogen-bond acceptors (Lipinski definition) is 12. The van der Waals surface area contributed by atoms with Crippen LogP contribution < -0.4 is 31.9 Å². The predicted octanol–water partition coefficient (Wildman–Crippen LogP) is -2.29. The van der Waals surface area contributed by atoms with E-state index >= 15 is 0 Å². The van der Waals surface area contributed by atoms with Gasteiger partial charge in [-0.3, -0.25) is 39.3 Å². The van der Waals surface area contributed by atoms with E-state index in [9.17, 15) is 48.6 Å². The Morgan fingerprint density at radius 2 is 1.31 bits per heavy atom. The van der Waals surface area contributed by atoms with Crippen molar-refractivity contribution < 1.29 is 65.6 Å². The van der Waals surface area contributed by atoms with Crippen molar-refractivity contribution in [2.24, 2.45) is 0 Å². The van der Waals surface area contributed by atoms with Gasteiger partial charge in [0, 0.05) is 95.4 Å². The Morgan fingerprint density at radius 1 is 0.764 bits per heavy atom. The van der Waals surface area contributed by atoms with Crippen molar-refractivity contribution in [1.29, 1.82) is 0 Å². The van der Waals surface area contributed by atoms with E-state index < -0.39 is 60.0 Å². The molecule has 2 bridgehead atoms. The van der Waals surface area contributed by atoms with Crippen LogP contribution in [0.4, 0.5) is 19.2 Å². The topological polar surface area (TPSA) is 278 Å². The van der Waals surface area contributed by atoms with Crippen LogP contribution in [0.25, 0.3) is 0 Å². The summed E-state index contributed by atoms with van der Waals surface area (Å²) in [5.41, 5.74) is 1.13. The molecule has 1 aromatic rings. The molecule has 55 heavy (non-hydrogen) atoms. The third kappa shape index (κ3) is 13.9. The third-order valence-electron chi connectivity index (χ3n) is 9.12. The number of nitrogens with zero attached hydrogens (tertiary/aromatic N) is 6. The molecule has 2 unspecified atom stereocenters. The van der Waals surface area contributed by atoms with Crippen LogP contribution in [0.15, 0.2) is 18.2 Å². The molecule has 0 spiro atoms. The summed E-state index contributed by atoms with van der Waals surface area (Å²) in [6.07, 6.45) is 0.352. The van der Waals surface area contributed by atoms with Crippen LogP contribution in [-0.2, 0) is 49.3 Å². The molecule has 2 atom stereocenters. The summed E-state index contributed by atoms with van der Waals surface area (Å²) in [6.45, 7) is 1.76. The van der Waals surface area contributed by atoms with Gasteiger partial charge in [0.05, 0.1) is 18.1 Å². The summed E-state index contributed by atoms with van der Waals surface area (Å²) >= 11 is 0. The monoisotopic (exact) mass is 815 g/mol. The Bertz CT molecular complexity index is 1550. The van der Waals surface area contributed by atoms with Crippen LogP contribution in [0, 0.1) is 0 Å². The largest absolute Gasteiger partial charge is 0.480 e. The number of urea groups is 4. The quantitative estimate of drug-likeness (QED) is 0.0919. The van der Waals surface area contributed by atoms with Gasteiger partial charge in [0.25, 0.3) is 0 Å². The van der Waals surface area contributed by atoms with Gasteiger partial charge in [-0.25, -0.2) is 24.1 Å². The van der Waals surface area contributed by atoms with Gasteiger partial charge < -0.3 is 46.6 Å². The molecule has 0 aliphatic carbocycles. The zero-order chi connectivity index (χ0) is 39.2. The molecule has 1 radical (unpaired) electrons. The predicted molar refractivity (Wildman–Crippen MR) is 187 cm³/mol. The van der Waals surface area contributed by atoms with Crippen molar-refractivity contribution >= 4 is 47.9 Å². The van der Waals surface area contributed by atoms with Crippen molar-refractivity contribution in [3.8, 4) is 0 Å². The van der Waals surface area contributed by atoms with E-state index in [4.69, 9.17) is 4.98 Å². The van der Waals surface area contributed by atoms with Gasteiger partial charge in [0.1, 0.15) is 18.8 Å². The summed E-state index contributed by atoms with van der Waals surface area (Å²) in [4.78, 5) is 109. The SMILES string of the molecule is CN1CCN(C(CCNC(=O)NCN2CCC(=O)NC2=O)C(=O)O)Cc2cccc(n2)CN(C(CCNC(=O)NCN2C(=O)CCNC2=O)C(=O)O)CC1.[Mn]. The van der Waals surface area contributed by atoms with E-state index in [2.05, 4.69) is 31.9 Å². The molecule has 1 aromatic heterocycles. The normalized spacial score (nSPS) is 18.6. The minimum Gasteiger partial charge on any atom is -0.480 e. The first-order chi connectivity index (χ1) is 25.8. The number of aliphatic carboxylic acids is 2. The zero-order valence-corrected chi connectivity index (χ0v) is 31.6. The number of nitrogens with one attached hydrogen (secondary N) is 6. The van der Waals surface area contributed by atoms with Gasteiger partial charge >= 0.3 is 36.1 Å². The van der Waals surface area contributed by atoms with Crippen molar-refractivity contribution in [2.45, 2.75) is 50.9 Å². The number of likely N-dealkylation sites (N-methyl/N-ethyl adjacent to an activating group) is 1. The number of carbonyl (C=O) groups excluding carboxylic acids is 6. The molecule has 3 aliphatic heterocycles. The Labute approximate surface area is 327 Å². The first kappa shape index (κ1) is 44.3. The van der Waals surface area contributed by atoms with Crippen molar-refractivity contribution in [3.63, 3.8) is 0 Å². The number of fused-ring (bicyclic) bond motifs is 2. The fraction of sp³-hybridized carbons (Fsp3) is 0.594. The summed E-state index contributed by atoms with van der Waals surface area (Å²) < 4.78 is 0. The second-order valence-electron chi connectivity index (χ2n) is 13.0. The number of carboxylic acids is 2. The molecule has 10 amide bonds. The number of carbonyl (C=O) groups is 8. The molecule has 8 N–H and O–H groups in total. The van der Waals surface area contributed by atoms with E-state index in [1.54, 1.807) is 28.0 Å². The Kier molecular flexibility index (Phi) is 17.5. The van der Waals surface area contributed by atoms with Crippen molar-refractivity contribution in [2.75, 3.05) is 72.7 Å². The molecule has 23 heteroatoms. The van der Waals surface area contributed by atoms with Crippen molar-refractivity contribution in [1.82, 2.24) is 61.4 Å². The van der Waals surface area contributed by atoms with Crippen LogP contribution >= 0.6 is 0 Å². The molecule has 0 aromatic carbocycles. The molecule has 4 heterocycles. The molecular formula is C32H48MnN12O10. The second kappa shape index (κ2) is 21.7. The average Bonchev–Trinajstić information content (AvgIpc) is 3.11. The van der Waals surface area contributed by atoms with Crippen molar-refractivity contribution in [3.05, 3.63) is 29.6 Å². The fourth-order valence-electron chi connectivity index (χ4n) is 6.06. The zero-order valence-electron chi connectivity index (χ0n) is 30.4. The fourth-order valence-corrected chi connectivity index (χ4v) is 6.06. The molecule has 2 fully saturated rings. The van der Waals surface area contributed by atoms with Crippen LogP contribution in [0.1, 0.15) is 37.1 Å². The molecule has 3 aliphatic rings. The number of carboxylic acid groups (broad SMARTS) is 2.